The van der Waals surface area contributed by atoms with Crippen LogP contribution in [0.2, 0.25) is 10.0 Å². The number of hydrogen-bond acceptors (Lipinski definition) is 4. The first kappa shape index (κ1) is 16.4. The van der Waals surface area contributed by atoms with Crippen LogP contribution in [0.1, 0.15) is 28.9 Å². The molecule has 1 amide bonds. The fourth-order valence-corrected chi connectivity index (χ4v) is 2.91. The topological polar surface area (TPSA) is 72.7 Å². The lowest BCUT2D eigenvalue weighted by atomic mass is 10.1. The third-order valence-corrected chi connectivity index (χ3v) is 4.08. The molecule has 0 radical (unpaired) electrons. The Morgan fingerprint density at radius 1 is 1.21 bits per heavy atom. The molecular weight excluding hydrogens is 349 g/mol. The van der Waals surface area contributed by atoms with Crippen LogP contribution in [0.25, 0.3) is 5.69 Å². The summed E-state index contributed by atoms with van der Waals surface area (Å²) in [5, 5.41) is 15.0. The number of nitrogens with zero attached hydrogens (tertiary/aromatic N) is 4. The summed E-state index contributed by atoms with van der Waals surface area (Å²) in [4.78, 5) is 12.7. The van der Waals surface area contributed by atoms with Crippen molar-refractivity contribution in [2.45, 2.75) is 13.0 Å². The maximum atomic E-state index is 12.7. The quantitative estimate of drug-likeness (QED) is 0.772. The predicted octanol–water partition coefficient (Wildman–Crippen LogP) is 3.46. The standard InChI is InChI=1S/C16H13Cl2N5O/c1-10(12-7-6-11(17)8-14(12)18)20-16(24)13-4-2-3-5-15(13)23-9-19-21-22-23/h2-10H,1H3,(H,20,24). The van der Waals surface area contributed by atoms with Gasteiger partial charge in [0.15, 0.2) is 0 Å². The average molecular weight is 362 g/mol. The van der Waals surface area contributed by atoms with E-state index in [2.05, 4.69) is 20.8 Å². The van der Waals surface area contributed by atoms with Crippen molar-refractivity contribution in [2.24, 2.45) is 0 Å². The van der Waals surface area contributed by atoms with E-state index in [9.17, 15) is 4.79 Å². The highest BCUT2D eigenvalue weighted by Crippen LogP contribution is 2.26. The first-order valence-electron chi connectivity index (χ1n) is 7.14. The van der Waals surface area contributed by atoms with Gasteiger partial charge in [-0.05, 0) is 47.2 Å². The monoisotopic (exact) mass is 361 g/mol. The number of tetrazole rings is 1. The summed E-state index contributed by atoms with van der Waals surface area (Å²) in [5.74, 6) is -0.250. The van der Waals surface area contributed by atoms with Crippen LogP contribution in [0.5, 0.6) is 0 Å². The minimum Gasteiger partial charge on any atom is -0.345 e. The molecule has 1 unspecified atom stereocenters. The van der Waals surface area contributed by atoms with Crippen molar-refractivity contribution in [1.29, 1.82) is 0 Å². The first-order valence-corrected chi connectivity index (χ1v) is 7.90. The molecule has 1 N–H and O–H groups in total. The van der Waals surface area contributed by atoms with Crippen LogP contribution in [-0.4, -0.2) is 26.1 Å². The Kier molecular flexibility index (Phi) is 4.78. The van der Waals surface area contributed by atoms with E-state index in [0.29, 0.717) is 21.3 Å². The van der Waals surface area contributed by atoms with Gasteiger partial charge in [-0.2, -0.15) is 4.68 Å². The van der Waals surface area contributed by atoms with Crippen LogP contribution in [0.4, 0.5) is 0 Å². The zero-order valence-corrected chi connectivity index (χ0v) is 14.2. The molecule has 8 heteroatoms. The van der Waals surface area contributed by atoms with Crippen molar-refractivity contribution >= 4 is 29.1 Å². The van der Waals surface area contributed by atoms with Crippen molar-refractivity contribution in [3.63, 3.8) is 0 Å². The Morgan fingerprint density at radius 2 is 2.00 bits per heavy atom. The van der Waals surface area contributed by atoms with E-state index >= 15 is 0 Å². The van der Waals surface area contributed by atoms with Crippen LogP contribution >= 0.6 is 23.2 Å². The summed E-state index contributed by atoms with van der Waals surface area (Å²) in [6, 6.07) is 12.0. The molecule has 1 atom stereocenters. The van der Waals surface area contributed by atoms with Gasteiger partial charge in [-0.1, -0.05) is 41.4 Å². The Balaban J connectivity index is 1.85. The fraction of sp³-hybridized carbons (Fsp3) is 0.125. The van der Waals surface area contributed by atoms with E-state index in [-0.39, 0.29) is 11.9 Å². The number of aromatic nitrogens is 4. The predicted molar refractivity (Wildman–Crippen MR) is 91.5 cm³/mol. The highest BCUT2D eigenvalue weighted by atomic mass is 35.5. The summed E-state index contributed by atoms with van der Waals surface area (Å²) < 4.78 is 1.44. The minimum atomic E-state index is -0.288. The molecule has 3 rings (SSSR count). The van der Waals surface area contributed by atoms with E-state index in [1.807, 2.05) is 13.0 Å². The molecule has 3 aromatic rings. The zero-order valence-electron chi connectivity index (χ0n) is 12.6. The van der Waals surface area contributed by atoms with Gasteiger partial charge in [0.2, 0.25) is 0 Å². The molecule has 1 aromatic heterocycles. The van der Waals surface area contributed by atoms with Gasteiger partial charge >= 0.3 is 0 Å². The second-order valence-electron chi connectivity index (χ2n) is 5.13. The highest BCUT2D eigenvalue weighted by molar-refractivity contribution is 6.35. The largest absolute Gasteiger partial charge is 0.345 e. The van der Waals surface area contributed by atoms with Crippen molar-refractivity contribution in [3.05, 3.63) is 70.0 Å². The van der Waals surface area contributed by atoms with Gasteiger partial charge in [0.25, 0.3) is 5.91 Å². The lowest BCUT2D eigenvalue weighted by molar-refractivity contribution is 0.0940. The van der Waals surface area contributed by atoms with Crippen molar-refractivity contribution in [1.82, 2.24) is 25.5 Å². The molecule has 0 aliphatic rings. The number of benzene rings is 2. The lowest BCUT2D eigenvalue weighted by Crippen LogP contribution is -2.28. The SMILES string of the molecule is CC(NC(=O)c1ccccc1-n1cnnn1)c1ccc(Cl)cc1Cl. The zero-order chi connectivity index (χ0) is 17.1. The normalized spacial score (nSPS) is 12.0. The smallest absolute Gasteiger partial charge is 0.253 e. The lowest BCUT2D eigenvalue weighted by Gasteiger charge is -2.17. The van der Waals surface area contributed by atoms with E-state index < -0.39 is 0 Å². The van der Waals surface area contributed by atoms with Gasteiger partial charge in [0.05, 0.1) is 17.3 Å². The number of hydrogen-bond donors (Lipinski definition) is 1. The molecule has 6 nitrogen and oxygen atoms in total. The highest BCUT2D eigenvalue weighted by Gasteiger charge is 2.17. The molecule has 0 fully saturated rings. The Morgan fingerprint density at radius 3 is 2.71 bits per heavy atom. The molecule has 24 heavy (non-hydrogen) atoms. The van der Waals surface area contributed by atoms with Crippen LogP contribution in [-0.2, 0) is 0 Å². The second kappa shape index (κ2) is 6.98. The first-order chi connectivity index (χ1) is 11.6. The van der Waals surface area contributed by atoms with Crippen LogP contribution in [0, 0.1) is 0 Å². The van der Waals surface area contributed by atoms with E-state index in [4.69, 9.17) is 23.2 Å². The van der Waals surface area contributed by atoms with E-state index in [1.165, 1.54) is 11.0 Å². The van der Waals surface area contributed by atoms with Gasteiger partial charge in [-0.15, -0.1) is 5.10 Å². The molecule has 0 aliphatic heterocycles. The number of carbonyl (C=O) groups is 1. The number of amides is 1. The average Bonchev–Trinajstić information content (AvgIpc) is 3.09. The fourth-order valence-electron chi connectivity index (χ4n) is 2.34. The molecule has 0 aliphatic carbocycles. The number of halogens is 2. The molecule has 2 aromatic carbocycles. The van der Waals surface area contributed by atoms with Crippen LogP contribution in [0.15, 0.2) is 48.8 Å². The second-order valence-corrected chi connectivity index (χ2v) is 5.98. The third kappa shape index (κ3) is 3.39. The molecule has 0 spiro atoms. The number of nitrogens with one attached hydrogen (secondary N) is 1. The van der Waals surface area contributed by atoms with Gasteiger partial charge in [-0.3, -0.25) is 4.79 Å². The molecule has 0 bridgehead atoms. The summed E-state index contributed by atoms with van der Waals surface area (Å²) in [7, 11) is 0. The molecule has 0 saturated heterocycles. The van der Waals surface area contributed by atoms with Crippen molar-refractivity contribution in [3.8, 4) is 5.69 Å². The van der Waals surface area contributed by atoms with Gasteiger partial charge in [0.1, 0.15) is 6.33 Å². The van der Waals surface area contributed by atoms with Gasteiger partial charge in [-0.25, -0.2) is 0 Å². The number of rotatable bonds is 4. The van der Waals surface area contributed by atoms with Crippen LogP contribution in [0.3, 0.4) is 0 Å². The molecule has 0 saturated carbocycles. The van der Waals surface area contributed by atoms with E-state index in [0.717, 1.165) is 5.56 Å². The number of carbonyl (C=O) groups excluding carboxylic acids is 1. The van der Waals surface area contributed by atoms with Crippen molar-refractivity contribution in [2.75, 3.05) is 0 Å². The third-order valence-electron chi connectivity index (χ3n) is 3.52. The van der Waals surface area contributed by atoms with Crippen LogP contribution < -0.4 is 5.32 Å². The summed E-state index contributed by atoms with van der Waals surface area (Å²) in [5.41, 5.74) is 1.84. The van der Waals surface area contributed by atoms with Crippen molar-refractivity contribution < 1.29 is 4.79 Å². The van der Waals surface area contributed by atoms with E-state index in [1.54, 1.807) is 36.4 Å². The minimum absolute atomic E-state index is 0.250. The van der Waals surface area contributed by atoms with Gasteiger partial charge < -0.3 is 5.32 Å². The Hall–Kier alpha value is -2.44. The molecular formula is C16H13Cl2N5O. The maximum absolute atomic E-state index is 12.7. The summed E-state index contributed by atoms with van der Waals surface area (Å²) in [6.07, 6.45) is 1.44. The maximum Gasteiger partial charge on any atom is 0.253 e. The Bertz CT molecular complexity index is 867. The summed E-state index contributed by atoms with van der Waals surface area (Å²) >= 11 is 12.1. The molecule has 1 heterocycles. The Labute approximate surface area is 148 Å². The summed E-state index contributed by atoms with van der Waals surface area (Å²) in [6.45, 7) is 1.85. The molecule has 122 valence electrons. The van der Waals surface area contributed by atoms with Gasteiger partial charge in [0, 0.05) is 10.0 Å². The number of para-hydroxylation sites is 1.